The van der Waals surface area contributed by atoms with Crippen molar-refractivity contribution in [1.29, 1.82) is 0 Å². The Kier molecular flexibility index (Phi) is 5.24. The van der Waals surface area contributed by atoms with E-state index in [0.29, 0.717) is 6.54 Å². The van der Waals surface area contributed by atoms with Crippen molar-refractivity contribution in [2.45, 2.75) is 32.6 Å². The normalized spacial score (nSPS) is 20.6. The number of hydrogen-bond donors (Lipinski definition) is 0. The SMILES string of the molecule is CC1CCCN(CCC(=O)c2cccc(F)c2F)CC1. The molecule has 1 aromatic carbocycles. The summed E-state index contributed by atoms with van der Waals surface area (Å²) in [6, 6.07) is 3.76. The highest BCUT2D eigenvalue weighted by Crippen LogP contribution is 2.18. The molecule has 2 nitrogen and oxygen atoms in total. The number of ketones is 1. The highest BCUT2D eigenvalue weighted by Gasteiger charge is 2.18. The molecule has 1 fully saturated rings. The van der Waals surface area contributed by atoms with E-state index in [0.717, 1.165) is 37.9 Å². The molecule has 0 spiro atoms. The van der Waals surface area contributed by atoms with E-state index in [1.54, 1.807) is 0 Å². The number of carbonyl (C=O) groups is 1. The molecule has 1 unspecified atom stereocenters. The van der Waals surface area contributed by atoms with Crippen LogP contribution in [0.2, 0.25) is 0 Å². The Morgan fingerprint density at radius 3 is 2.90 bits per heavy atom. The van der Waals surface area contributed by atoms with Gasteiger partial charge in [-0.3, -0.25) is 4.79 Å². The molecule has 0 aromatic heterocycles. The lowest BCUT2D eigenvalue weighted by atomic mass is 10.0. The number of benzene rings is 1. The van der Waals surface area contributed by atoms with Crippen LogP contribution < -0.4 is 0 Å². The minimum absolute atomic E-state index is 0.131. The summed E-state index contributed by atoms with van der Waals surface area (Å²) in [6.07, 6.45) is 3.75. The van der Waals surface area contributed by atoms with Crippen LogP contribution in [0.3, 0.4) is 0 Å². The number of halogens is 2. The zero-order valence-electron chi connectivity index (χ0n) is 11.9. The molecule has 1 aromatic rings. The first-order chi connectivity index (χ1) is 9.58. The van der Waals surface area contributed by atoms with Gasteiger partial charge in [-0.05, 0) is 50.4 Å². The first kappa shape index (κ1) is 15.1. The Morgan fingerprint density at radius 2 is 2.10 bits per heavy atom. The van der Waals surface area contributed by atoms with Crippen LogP contribution in [0.4, 0.5) is 8.78 Å². The Hall–Kier alpha value is -1.29. The molecule has 110 valence electrons. The molecule has 4 heteroatoms. The fourth-order valence-electron chi connectivity index (χ4n) is 2.66. The summed E-state index contributed by atoms with van der Waals surface area (Å²) in [4.78, 5) is 14.2. The summed E-state index contributed by atoms with van der Waals surface area (Å²) in [5.74, 6) is -1.57. The molecule has 1 aliphatic rings. The van der Waals surface area contributed by atoms with E-state index in [1.165, 1.54) is 18.6 Å². The third-order valence-corrected chi connectivity index (χ3v) is 4.02. The third kappa shape index (κ3) is 3.85. The van der Waals surface area contributed by atoms with Gasteiger partial charge < -0.3 is 4.90 Å². The molecule has 0 saturated carbocycles. The molecule has 1 heterocycles. The lowest BCUT2D eigenvalue weighted by Crippen LogP contribution is -2.27. The minimum Gasteiger partial charge on any atom is -0.303 e. The highest BCUT2D eigenvalue weighted by molar-refractivity contribution is 5.96. The number of rotatable bonds is 4. The van der Waals surface area contributed by atoms with Gasteiger partial charge in [0.05, 0.1) is 5.56 Å². The second-order valence-corrected chi connectivity index (χ2v) is 5.65. The summed E-state index contributed by atoms with van der Waals surface area (Å²) < 4.78 is 26.6. The van der Waals surface area contributed by atoms with Gasteiger partial charge >= 0.3 is 0 Å². The topological polar surface area (TPSA) is 20.3 Å². The van der Waals surface area contributed by atoms with E-state index in [-0.39, 0.29) is 17.8 Å². The van der Waals surface area contributed by atoms with Gasteiger partial charge in [0.2, 0.25) is 0 Å². The fourth-order valence-corrected chi connectivity index (χ4v) is 2.66. The van der Waals surface area contributed by atoms with Crippen molar-refractivity contribution in [3.63, 3.8) is 0 Å². The van der Waals surface area contributed by atoms with Crippen LogP contribution in [0.5, 0.6) is 0 Å². The summed E-state index contributed by atoms with van der Waals surface area (Å²) in [7, 11) is 0. The van der Waals surface area contributed by atoms with Crippen LogP contribution in [-0.2, 0) is 0 Å². The smallest absolute Gasteiger partial charge is 0.169 e. The summed E-state index contributed by atoms with van der Waals surface area (Å²) >= 11 is 0. The van der Waals surface area contributed by atoms with E-state index in [4.69, 9.17) is 0 Å². The molecule has 2 rings (SSSR count). The maximum atomic E-state index is 13.5. The van der Waals surface area contributed by atoms with Gasteiger partial charge in [-0.1, -0.05) is 13.0 Å². The Morgan fingerprint density at radius 1 is 1.30 bits per heavy atom. The summed E-state index contributed by atoms with van der Waals surface area (Å²) in [6.45, 7) is 4.85. The first-order valence-corrected chi connectivity index (χ1v) is 7.27. The monoisotopic (exact) mass is 281 g/mol. The molecule has 1 saturated heterocycles. The average molecular weight is 281 g/mol. The third-order valence-electron chi connectivity index (χ3n) is 4.02. The van der Waals surface area contributed by atoms with Crippen LogP contribution in [0.1, 0.15) is 43.0 Å². The first-order valence-electron chi connectivity index (χ1n) is 7.27. The number of hydrogen-bond acceptors (Lipinski definition) is 2. The van der Waals surface area contributed by atoms with Crippen molar-refractivity contribution in [2.24, 2.45) is 5.92 Å². The van der Waals surface area contributed by atoms with Crippen molar-refractivity contribution in [1.82, 2.24) is 4.90 Å². The summed E-state index contributed by atoms with van der Waals surface area (Å²) in [5, 5.41) is 0. The van der Waals surface area contributed by atoms with E-state index in [1.807, 2.05) is 0 Å². The predicted octanol–water partition coefficient (Wildman–Crippen LogP) is 3.66. The highest BCUT2D eigenvalue weighted by atomic mass is 19.2. The van der Waals surface area contributed by atoms with Gasteiger partial charge in [-0.25, -0.2) is 8.78 Å². The van der Waals surface area contributed by atoms with Gasteiger partial charge in [0.1, 0.15) is 0 Å². The van der Waals surface area contributed by atoms with Crippen LogP contribution >= 0.6 is 0 Å². The zero-order chi connectivity index (χ0) is 14.5. The molecule has 1 aliphatic heterocycles. The molecular weight excluding hydrogens is 260 g/mol. The second kappa shape index (κ2) is 6.93. The number of carbonyl (C=O) groups excluding carboxylic acids is 1. The lowest BCUT2D eigenvalue weighted by Gasteiger charge is -2.19. The zero-order valence-corrected chi connectivity index (χ0v) is 11.9. The average Bonchev–Trinajstić information content (AvgIpc) is 2.64. The molecule has 0 bridgehead atoms. The maximum Gasteiger partial charge on any atom is 0.169 e. The molecule has 0 aliphatic carbocycles. The van der Waals surface area contributed by atoms with Gasteiger partial charge in [0.15, 0.2) is 17.4 Å². The van der Waals surface area contributed by atoms with Crippen molar-refractivity contribution in [3.8, 4) is 0 Å². The Labute approximate surface area is 118 Å². The van der Waals surface area contributed by atoms with Crippen LogP contribution in [0.15, 0.2) is 18.2 Å². The van der Waals surface area contributed by atoms with Crippen molar-refractivity contribution in [2.75, 3.05) is 19.6 Å². The van der Waals surface area contributed by atoms with Gasteiger partial charge in [0.25, 0.3) is 0 Å². The van der Waals surface area contributed by atoms with E-state index in [2.05, 4.69) is 11.8 Å². The lowest BCUT2D eigenvalue weighted by molar-refractivity contribution is 0.0959. The predicted molar refractivity (Wildman–Crippen MR) is 74.8 cm³/mol. The van der Waals surface area contributed by atoms with E-state index in [9.17, 15) is 13.6 Å². The van der Waals surface area contributed by atoms with Gasteiger partial charge in [0, 0.05) is 13.0 Å². The molecule has 0 N–H and O–H groups in total. The second-order valence-electron chi connectivity index (χ2n) is 5.65. The number of likely N-dealkylation sites (tertiary alicyclic amines) is 1. The Bertz CT molecular complexity index is 476. The quantitative estimate of drug-likeness (QED) is 0.785. The molecular formula is C16H21F2NO. The minimum atomic E-state index is -1.03. The van der Waals surface area contributed by atoms with Crippen LogP contribution in [0.25, 0.3) is 0 Å². The van der Waals surface area contributed by atoms with Crippen molar-refractivity contribution in [3.05, 3.63) is 35.4 Å². The van der Waals surface area contributed by atoms with Crippen LogP contribution in [-0.4, -0.2) is 30.3 Å². The molecule has 20 heavy (non-hydrogen) atoms. The molecule has 0 amide bonds. The number of nitrogens with zero attached hydrogens (tertiary/aromatic N) is 1. The molecule has 0 radical (unpaired) electrons. The number of Topliss-reactive ketones (excluding diaryl/α,β-unsaturated/α-hetero) is 1. The largest absolute Gasteiger partial charge is 0.303 e. The maximum absolute atomic E-state index is 13.5. The summed E-state index contributed by atoms with van der Waals surface area (Å²) in [5.41, 5.74) is -0.131. The Balaban J connectivity index is 1.90. The molecule has 1 atom stereocenters. The standard InChI is InChI=1S/C16H21F2NO/c1-12-4-3-9-19(10-7-12)11-8-15(20)13-5-2-6-14(17)16(13)18/h2,5-6,12H,3-4,7-11H2,1H3. The van der Waals surface area contributed by atoms with Crippen LogP contribution in [0, 0.1) is 17.6 Å². The van der Waals surface area contributed by atoms with Crippen molar-refractivity contribution >= 4 is 5.78 Å². The van der Waals surface area contributed by atoms with Gasteiger partial charge in [-0.2, -0.15) is 0 Å². The van der Waals surface area contributed by atoms with Crippen molar-refractivity contribution < 1.29 is 13.6 Å². The van der Waals surface area contributed by atoms with E-state index < -0.39 is 11.6 Å². The van der Waals surface area contributed by atoms with Gasteiger partial charge in [-0.15, -0.1) is 0 Å². The van der Waals surface area contributed by atoms with E-state index >= 15 is 0 Å². The fraction of sp³-hybridized carbons (Fsp3) is 0.562.